The van der Waals surface area contributed by atoms with Crippen molar-refractivity contribution in [3.63, 3.8) is 0 Å². The molecule has 12 nitrogen and oxygen atoms in total. The minimum Gasteiger partial charge on any atom is -0.453 e. The van der Waals surface area contributed by atoms with E-state index in [2.05, 4.69) is 86.0 Å². The number of aromatic nitrogens is 5. The van der Waals surface area contributed by atoms with Crippen molar-refractivity contribution < 1.29 is 19.1 Å². The number of carbonyl (C=O) groups excluding carboxylic acids is 3. The van der Waals surface area contributed by atoms with Gasteiger partial charge >= 0.3 is 6.09 Å². The number of carbonyl (C=O) groups is 3. The number of fused-ring (bicyclic) bond motifs is 1. The van der Waals surface area contributed by atoms with Crippen molar-refractivity contribution in [3.05, 3.63) is 103 Å². The molecule has 4 N–H and O–H groups in total. The van der Waals surface area contributed by atoms with Gasteiger partial charge in [0.2, 0.25) is 11.8 Å². The maximum Gasteiger partial charge on any atom is 0.407 e. The Morgan fingerprint density at radius 1 is 0.821 bits per heavy atom. The molecule has 2 aromatic carbocycles. The number of alkyl carbamates (subject to hydrolysis) is 1. The lowest BCUT2D eigenvalue weighted by molar-refractivity contribution is -0.135. The SMILES string of the molecule is COC(=O)NC(C(=O)N1CCC[C@H]1c1ncc(-c2ccc(-c3ccc(-c4cnc([C@H]5[C@H](C(=O)N[C@H](C)c6cccnc6)[C@@H]6CC6[C@H]5C)[nH]4)cc3)cc2)[nH]1)C(C)C. The lowest BCUT2D eigenvalue weighted by atomic mass is 9.83. The number of ether oxygens (including phenoxy) is 1. The normalized spacial score (nSPS) is 23.7. The molecule has 0 radical (unpaired) electrons. The molecule has 1 saturated heterocycles. The minimum atomic E-state index is -0.678. The minimum absolute atomic E-state index is 0.0458. The summed E-state index contributed by atoms with van der Waals surface area (Å²) in [7, 11) is 1.30. The smallest absolute Gasteiger partial charge is 0.407 e. The highest BCUT2D eigenvalue weighted by Gasteiger charge is 2.61. The first kappa shape index (κ1) is 37.2. The van der Waals surface area contributed by atoms with Crippen LogP contribution in [0.15, 0.2) is 85.5 Å². The van der Waals surface area contributed by atoms with Crippen molar-refractivity contribution in [3.8, 4) is 33.6 Å². The maximum absolute atomic E-state index is 13.7. The summed E-state index contributed by atoms with van der Waals surface area (Å²) in [6.07, 6.45) is 9.41. The summed E-state index contributed by atoms with van der Waals surface area (Å²) in [6.45, 7) is 8.70. The zero-order valence-electron chi connectivity index (χ0n) is 32.5. The van der Waals surface area contributed by atoms with Gasteiger partial charge in [0.05, 0.1) is 48.9 Å². The van der Waals surface area contributed by atoms with Crippen LogP contribution in [0.3, 0.4) is 0 Å². The molecule has 5 aromatic rings. The molecule has 3 aliphatic rings. The van der Waals surface area contributed by atoms with Crippen molar-refractivity contribution in [1.29, 1.82) is 0 Å². The zero-order valence-corrected chi connectivity index (χ0v) is 32.5. The summed E-state index contributed by atoms with van der Waals surface area (Å²) in [4.78, 5) is 61.8. The molecular weight excluding hydrogens is 705 g/mol. The van der Waals surface area contributed by atoms with E-state index < -0.39 is 12.1 Å². The molecule has 0 bridgehead atoms. The highest BCUT2D eigenvalue weighted by molar-refractivity contribution is 5.86. The molecule has 290 valence electrons. The Hall–Kier alpha value is -5.78. The van der Waals surface area contributed by atoms with E-state index in [-0.39, 0.29) is 41.7 Å². The van der Waals surface area contributed by atoms with Gasteiger partial charge in [-0.2, -0.15) is 0 Å². The molecule has 2 saturated carbocycles. The Kier molecular flexibility index (Phi) is 10.2. The Morgan fingerprint density at radius 3 is 2.05 bits per heavy atom. The van der Waals surface area contributed by atoms with E-state index in [0.29, 0.717) is 24.3 Å². The third-order valence-corrected chi connectivity index (χ3v) is 12.3. The number of hydrogen-bond acceptors (Lipinski definition) is 7. The van der Waals surface area contributed by atoms with E-state index in [9.17, 15) is 14.4 Å². The lowest BCUT2D eigenvalue weighted by Gasteiger charge is -2.30. The summed E-state index contributed by atoms with van der Waals surface area (Å²) in [6, 6.07) is 19.7. The number of nitrogens with zero attached hydrogens (tertiary/aromatic N) is 4. The van der Waals surface area contributed by atoms with Crippen LogP contribution in [0.4, 0.5) is 4.79 Å². The monoisotopic (exact) mass is 754 g/mol. The number of nitrogens with one attached hydrogen (secondary N) is 4. The summed E-state index contributed by atoms with van der Waals surface area (Å²) < 4.78 is 4.76. The Morgan fingerprint density at radius 2 is 1.45 bits per heavy atom. The van der Waals surface area contributed by atoms with Crippen LogP contribution in [0.2, 0.25) is 0 Å². The van der Waals surface area contributed by atoms with Gasteiger partial charge in [-0.3, -0.25) is 14.6 Å². The number of aromatic amines is 2. The van der Waals surface area contributed by atoms with Crippen molar-refractivity contribution in [2.24, 2.45) is 29.6 Å². The molecule has 0 spiro atoms. The zero-order chi connectivity index (χ0) is 39.1. The van der Waals surface area contributed by atoms with Crippen molar-refractivity contribution in [1.82, 2.24) is 40.5 Å². The van der Waals surface area contributed by atoms with E-state index in [4.69, 9.17) is 9.72 Å². The molecule has 4 heterocycles. The molecule has 1 aliphatic heterocycles. The molecule has 8 rings (SSSR count). The molecule has 3 amide bonds. The van der Waals surface area contributed by atoms with Gasteiger partial charge in [-0.15, -0.1) is 0 Å². The van der Waals surface area contributed by atoms with Gasteiger partial charge in [-0.05, 0) is 83.7 Å². The average Bonchev–Trinajstić information content (AvgIpc) is 3.66. The second-order valence-corrected chi connectivity index (χ2v) is 16.1. The summed E-state index contributed by atoms with van der Waals surface area (Å²) in [5, 5.41) is 5.97. The summed E-state index contributed by atoms with van der Waals surface area (Å²) in [5.74, 6) is 2.78. The standard InChI is InChI=1S/C44H50N8O4/c1-24(2)39(51-44(55)56-5)43(54)52-19-7-9-36(52)40-46-22-34(49-40)29-14-10-27(11-15-29)28-12-16-30(17-13-28)35-23-47-41(50-35)37-25(3)32-20-33(32)38(37)42(53)48-26(4)31-8-6-18-45-21-31/h6,8,10-18,21-26,32-33,36-39H,7,9,19-20H2,1-5H3,(H,46,49)(H,47,50)(H,48,53)(H,51,55)/t25-,26-,32?,33-,36+,37-,38-,39?/m1/s1. The van der Waals surface area contributed by atoms with Gasteiger partial charge in [-0.25, -0.2) is 14.8 Å². The number of methoxy groups -OCH3 is 1. The summed E-state index contributed by atoms with van der Waals surface area (Å²) in [5.41, 5.74) is 7.03. The second-order valence-electron chi connectivity index (χ2n) is 16.1. The lowest BCUT2D eigenvalue weighted by Crippen LogP contribution is -2.51. The van der Waals surface area contributed by atoms with Crippen molar-refractivity contribution in [2.45, 2.75) is 71.0 Å². The van der Waals surface area contributed by atoms with E-state index in [1.54, 1.807) is 6.20 Å². The topological polar surface area (TPSA) is 158 Å². The molecule has 2 unspecified atom stereocenters. The fourth-order valence-electron chi connectivity index (χ4n) is 9.10. The average molecular weight is 755 g/mol. The van der Waals surface area contributed by atoms with Crippen LogP contribution < -0.4 is 10.6 Å². The van der Waals surface area contributed by atoms with Gasteiger partial charge in [0.1, 0.15) is 17.7 Å². The van der Waals surface area contributed by atoms with Crippen molar-refractivity contribution >= 4 is 17.9 Å². The van der Waals surface area contributed by atoms with Crippen molar-refractivity contribution in [2.75, 3.05) is 13.7 Å². The predicted molar refractivity (Wildman–Crippen MR) is 213 cm³/mol. The highest BCUT2D eigenvalue weighted by Crippen LogP contribution is 2.64. The molecular formula is C44H50N8O4. The number of benzene rings is 2. The molecule has 8 atom stereocenters. The fourth-order valence-corrected chi connectivity index (χ4v) is 9.10. The molecule has 2 aliphatic carbocycles. The van der Waals surface area contributed by atoms with Gasteiger partial charge in [0, 0.05) is 24.9 Å². The van der Waals surface area contributed by atoms with Crippen LogP contribution in [0.5, 0.6) is 0 Å². The van der Waals surface area contributed by atoms with Crippen LogP contribution >= 0.6 is 0 Å². The number of pyridine rings is 1. The van der Waals surface area contributed by atoms with E-state index in [1.165, 1.54) is 7.11 Å². The number of H-pyrrole nitrogens is 2. The second kappa shape index (κ2) is 15.4. The van der Waals surface area contributed by atoms with Gasteiger partial charge in [0.25, 0.3) is 0 Å². The third kappa shape index (κ3) is 7.20. The van der Waals surface area contributed by atoms with Gasteiger partial charge < -0.3 is 30.2 Å². The number of hydrogen-bond donors (Lipinski definition) is 4. The quantitative estimate of drug-likeness (QED) is 0.109. The van der Waals surface area contributed by atoms with Crippen LogP contribution in [0.1, 0.15) is 82.2 Å². The number of likely N-dealkylation sites (tertiary alicyclic amines) is 1. The van der Waals surface area contributed by atoms with E-state index >= 15 is 0 Å². The summed E-state index contributed by atoms with van der Waals surface area (Å²) >= 11 is 0. The molecule has 56 heavy (non-hydrogen) atoms. The number of amides is 3. The molecule has 3 fully saturated rings. The van der Waals surface area contributed by atoms with Crippen LogP contribution in [-0.2, 0) is 14.3 Å². The van der Waals surface area contributed by atoms with E-state index in [0.717, 1.165) is 70.1 Å². The highest BCUT2D eigenvalue weighted by atomic mass is 16.5. The number of imidazole rings is 2. The Balaban J connectivity index is 0.922. The number of rotatable bonds is 11. The van der Waals surface area contributed by atoms with Crippen LogP contribution in [0.25, 0.3) is 33.6 Å². The third-order valence-electron chi connectivity index (χ3n) is 12.3. The maximum atomic E-state index is 13.7. The van der Waals surface area contributed by atoms with Crippen LogP contribution in [0, 0.1) is 29.6 Å². The Bertz CT molecular complexity index is 2180. The van der Waals surface area contributed by atoms with Gasteiger partial charge in [-0.1, -0.05) is 75.4 Å². The van der Waals surface area contributed by atoms with Crippen LogP contribution in [-0.4, -0.2) is 67.4 Å². The van der Waals surface area contributed by atoms with E-state index in [1.807, 2.05) is 56.4 Å². The fraction of sp³-hybridized carbons (Fsp3) is 0.409. The predicted octanol–water partition coefficient (Wildman–Crippen LogP) is 7.44. The Labute approximate surface area is 327 Å². The molecule has 12 heteroatoms. The first-order chi connectivity index (χ1) is 27.1. The first-order valence-corrected chi connectivity index (χ1v) is 19.8. The largest absolute Gasteiger partial charge is 0.453 e. The first-order valence-electron chi connectivity index (χ1n) is 19.8. The van der Waals surface area contributed by atoms with Gasteiger partial charge in [0.15, 0.2) is 0 Å². The molecule has 3 aromatic heterocycles.